The normalized spacial score (nSPS) is 19.1. The summed E-state index contributed by atoms with van der Waals surface area (Å²) in [7, 11) is 1.28. The number of halogens is 1. The summed E-state index contributed by atoms with van der Waals surface area (Å²) in [6, 6.07) is 19.9. The fourth-order valence-corrected chi connectivity index (χ4v) is 9.25. The Kier molecular flexibility index (Phi) is 13.4. The summed E-state index contributed by atoms with van der Waals surface area (Å²) in [5.41, 5.74) is 6.71. The Morgan fingerprint density at radius 2 is 1.37 bits per heavy atom. The van der Waals surface area contributed by atoms with Gasteiger partial charge in [0.05, 0.1) is 48.7 Å². The maximum atomic E-state index is 13.8. The summed E-state index contributed by atoms with van der Waals surface area (Å²) < 4.78 is 11.4. The van der Waals surface area contributed by atoms with Crippen molar-refractivity contribution in [3.63, 3.8) is 0 Å². The van der Waals surface area contributed by atoms with Gasteiger partial charge in [0, 0.05) is 48.1 Å². The molecule has 3 unspecified atom stereocenters. The lowest BCUT2D eigenvalue weighted by molar-refractivity contribution is -0.138. The van der Waals surface area contributed by atoms with E-state index in [1.54, 1.807) is 17.3 Å². The molecule has 5 aromatic rings. The first-order valence-corrected chi connectivity index (χ1v) is 22.7. The van der Waals surface area contributed by atoms with Crippen molar-refractivity contribution in [2.45, 2.75) is 97.1 Å². The summed E-state index contributed by atoms with van der Waals surface area (Å²) in [5, 5.41) is 6.14. The number of fused-ring (bicyclic) bond motifs is 1. The van der Waals surface area contributed by atoms with Crippen molar-refractivity contribution in [2.24, 2.45) is 16.8 Å². The van der Waals surface area contributed by atoms with Crippen molar-refractivity contribution < 1.29 is 28.7 Å². The number of hydrogen-bond acceptors (Lipinski definition) is 9. The van der Waals surface area contributed by atoms with Crippen LogP contribution in [0.1, 0.15) is 107 Å². The van der Waals surface area contributed by atoms with E-state index >= 15 is 0 Å². The van der Waals surface area contributed by atoms with E-state index in [0.717, 1.165) is 70.6 Å². The number of nitrogens with one attached hydrogen (secondary N) is 4. The van der Waals surface area contributed by atoms with E-state index in [9.17, 15) is 19.2 Å². The number of aliphatic imine (C=N–C) groups is 1. The highest BCUT2D eigenvalue weighted by molar-refractivity contribution is 6.31. The van der Waals surface area contributed by atoms with E-state index in [1.165, 1.54) is 14.0 Å². The van der Waals surface area contributed by atoms with Crippen LogP contribution >= 0.6 is 11.6 Å². The van der Waals surface area contributed by atoms with Gasteiger partial charge < -0.3 is 39.9 Å². The number of alkyl carbamates (subject to hydrolysis) is 1. The van der Waals surface area contributed by atoms with E-state index < -0.39 is 24.4 Å². The molecule has 2 saturated heterocycles. The standard InChI is InChI=1S/C49H56ClN9O6/c1-27(2)42(53-29(5)60)47(61)58-20-10-14-39(58)45-52-26-38(55-45)32-16-18-34-36(56-46(65-41(34)24-32)30-12-8-7-9-13-30)23-33-22-31(17-19-35(33)50)37-25-51-44(54-37)40-15-11-21-59(40)48(62)43(28(3)4)57-49(63)64-6/h7-9,12-13,16-19,22,24-28,39-40,42-43,46H,10-11,14-15,20-21,23H2,1-6H3,(H,51,54)(H,52,55)(H,53,60)(H,57,63)/t39?,40-,42?,43-,46?/m0/s1. The Labute approximate surface area is 383 Å². The first-order chi connectivity index (χ1) is 31.3. The number of hydrogen-bond donors (Lipinski definition) is 4. The second kappa shape index (κ2) is 19.3. The van der Waals surface area contributed by atoms with Crippen LogP contribution in [0.5, 0.6) is 5.75 Å². The minimum absolute atomic E-state index is 0.0652. The number of amides is 4. The van der Waals surface area contributed by atoms with Gasteiger partial charge in [-0.05, 0) is 72.9 Å². The third kappa shape index (κ3) is 9.65. The molecule has 16 heteroatoms. The summed E-state index contributed by atoms with van der Waals surface area (Å²) in [6.07, 6.45) is 5.88. The zero-order chi connectivity index (χ0) is 45.9. The number of likely N-dealkylation sites (tertiary alicyclic amines) is 2. The molecule has 0 aliphatic carbocycles. The van der Waals surface area contributed by atoms with Crippen molar-refractivity contribution >= 4 is 41.1 Å². The van der Waals surface area contributed by atoms with Crippen molar-refractivity contribution in [2.75, 3.05) is 20.2 Å². The van der Waals surface area contributed by atoms with Crippen LogP contribution in [0.4, 0.5) is 4.79 Å². The molecule has 4 N–H and O–H groups in total. The topological polar surface area (TPSA) is 187 Å². The quantitative estimate of drug-likeness (QED) is 0.0913. The van der Waals surface area contributed by atoms with Crippen molar-refractivity contribution in [1.29, 1.82) is 0 Å². The number of benzene rings is 3. The first-order valence-electron chi connectivity index (χ1n) is 22.3. The largest absolute Gasteiger partial charge is 0.464 e. The number of rotatable bonds is 13. The Balaban J connectivity index is 1.04. The van der Waals surface area contributed by atoms with Gasteiger partial charge in [-0.2, -0.15) is 0 Å². The molecule has 4 amide bonds. The van der Waals surface area contributed by atoms with Gasteiger partial charge in [0.15, 0.2) is 0 Å². The van der Waals surface area contributed by atoms with Crippen molar-refractivity contribution in [1.82, 2.24) is 40.4 Å². The van der Waals surface area contributed by atoms with Gasteiger partial charge in [0.25, 0.3) is 0 Å². The second-order valence-corrected chi connectivity index (χ2v) is 18.1. The van der Waals surface area contributed by atoms with Gasteiger partial charge in [-0.3, -0.25) is 14.4 Å². The van der Waals surface area contributed by atoms with Gasteiger partial charge in [0.2, 0.25) is 23.9 Å². The minimum atomic E-state index is -0.728. The molecule has 0 saturated carbocycles. The molecular formula is C49H56ClN9O6. The monoisotopic (exact) mass is 901 g/mol. The van der Waals surface area contributed by atoms with Gasteiger partial charge in [-0.1, -0.05) is 81.8 Å². The molecule has 8 rings (SSSR count). The lowest BCUT2D eigenvalue weighted by atomic mass is 9.96. The van der Waals surface area contributed by atoms with Crippen LogP contribution in [0.15, 0.2) is 84.1 Å². The average Bonchev–Trinajstić information content (AvgIpc) is 4.15. The second-order valence-electron chi connectivity index (χ2n) is 17.7. The molecule has 0 spiro atoms. The number of H-pyrrole nitrogens is 2. The molecule has 2 aromatic heterocycles. The van der Waals surface area contributed by atoms with Crippen molar-refractivity contribution in [3.05, 3.63) is 112 Å². The smallest absolute Gasteiger partial charge is 0.407 e. The third-order valence-electron chi connectivity index (χ3n) is 12.5. The molecule has 15 nitrogen and oxygen atoms in total. The summed E-state index contributed by atoms with van der Waals surface area (Å²) >= 11 is 6.94. The molecule has 5 heterocycles. The van der Waals surface area contributed by atoms with Crippen LogP contribution in [0.2, 0.25) is 5.02 Å². The number of imidazole rings is 2. The van der Waals surface area contributed by atoms with Crippen LogP contribution < -0.4 is 15.4 Å². The van der Waals surface area contributed by atoms with Crippen LogP contribution in [0, 0.1) is 11.8 Å². The summed E-state index contributed by atoms with van der Waals surface area (Å²) in [4.78, 5) is 76.8. The molecule has 340 valence electrons. The zero-order valence-corrected chi connectivity index (χ0v) is 38.3. The van der Waals surface area contributed by atoms with Gasteiger partial charge in [-0.25, -0.2) is 19.8 Å². The lowest BCUT2D eigenvalue weighted by Gasteiger charge is -2.30. The Morgan fingerprint density at radius 3 is 1.94 bits per heavy atom. The van der Waals surface area contributed by atoms with E-state index in [2.05, 4.69) is 20.6 Å². The minimum Gasteiger partial charge on any atom is -0.464 e. The molecule has 3 aliphatic rings. The van der Waals surface area contributed by atoms with Crippen LogP contribution in [-0.4, -0.2) is 91.5 Å². The number of methoxy groups -OCH3 is 1. The Morgan fingerprint density at radius 1 is 0.800 bits per heavy atom. The highest BCUT2D eigenvalue weighted by Gasteiger charge is 2.39. The van der Waals surface area contributed by atoms with Crippen LogP contribution in [-0.2, 0) is 25.5 Å². The van der Waals surface area contributed by atoms with Crippen LogP contribution in [0.25, 0.3) is 22.5 Å². The lowest BCUT2D eigenvalue weighted by Crippen LogP contribution is -2.51. The molecular weight excluding hydrogens is 846 g/mol. The number of carbonyl (C=O) groups is 4. The zero-order valence-electron chi connectivity index (χ0n) is 37.6. The molecule has 0 bridgehead atoms. The molecule has 5 atom stereocenters. The van der Waals surface area contributed by atoms with E-state index in [-0.39, 0.29) is 41.6 Å². The maximum Gasteiger partial charge on any atom is 0.407 e. The van der Waals surface area contributed by atoms with Gasteiger partial charge >= 0.3 is 6.09 Å². The molecule has 65 heavy (non-hydrogen) atoms. The van der Waals surface area contributed by atoms with E-state index in [1.807, 2.05) is 99.3 Å². The summed E-state index contributed by atoms with van der Waals surface area (Å²) in [6.45, 7) is 10.2. The highest BCUT2D eigenvalue weighted by atomic mass is 35.5. The third-order valence-corrected chi connectivity index (χ3v) is 12.9. The number of carbonyl (C=O) groups excluding carboxylic acids is 4. The predicted molar refractivity (Wildman–Crippen MR) is 247 cm³/mol. The average molecular weight is 902 g/mol. The highest BCUT2D eigenvalue weighted by Crippen LogP contribution is 2.39. The van der Waals surface area contributed by atoms with Crippen molar-refractivity contribution in [3.8, 4) is 28.3 Å². The summed E-state index contributed by atoms with van der Waals surface area (Å²) in [5.74, 6) is 1.32. The molecule has 3 aliphatic heterocycles. The fourth-order valence-electron chi connectivity index (χ4n) is 9.07. The van der Waals surface area contributed by atoms with Gasteiger partial charge in [0.1, 0.15) is 29.5 Å². The SMILES string of the molecule is COC(=O)N[C@H](C(=O)N1CCC[C@H]1c1ncc(-c2ccc(Cl)c(CC3=NC(c4ccccc4)Oc4cc(-c5cnc(C6CCCN6C(=O)C(NC(C)=O)C(C)C)[nH]5)ccc43)c2)[nH]1)C(C)C. The Bertz CT molecular complexity index is 2590. The Hall–Kier alpha value is -6.48. The molecule has 0 radical (unpaired) electrons. The molecule has 2 fully saturated rings. The number of aromatic nitrogens is 4. The first kappa shape index (κ1) is 45.1. The van der Waals surface area contributed by atoms with E-state index in [0.29, 0.717) is 41.9 Å². The predicted octanol–water partition coefficient (Wildman–Crippen LogP) is 8.11. The number of nitrogens with zero attached hydrogens (tertiary/aromatic N) is 5. The van der Waals surface area contributed by atoms with Gasteiger partial charge in [-0.15, -0.1) is 0 Å². The number of ether oxygens (including phenoxy) is 2. The maximum absolute atomic E-state index is 13.8. The number of aromatic amines is 2. The fraction of sp³-hybridized carbons (Fsp3) is 0.408. The molecule has 3 aromatic carbocycles. The van der Waals surface area contributed by atoms with E-state index in [4.69, 9.17) is 36.0 Å². The van der Waals surface area contributed by atoms with Crippen LogP contribution in [0.3, 0.4) is 0 Å².